The molecular formula is C43H42N4OPt. The predicted octanol–water partition coefficient (Wildman–Crippen LogP) is 10.9. The molecule has 3 aromatic heterocycles. The Bertz CT molecular complexity index is 2290. The maximum atomic E-state index is 6.42. The van der Waals surface area contributed by atoms with E-state index in [1.807, 2.05) is 47.4 Å². The van der Waals surface area contributed by atoms with Crippen molar-refractivity contribution < 1.29 is 25.8 Å². The van der Waals surface area contributed by atoms with E-state index in [0.29, 0.717) is 11.5 Å². The van der Waals surface area contributed by atoms with E-state index in [4.69, 9.17) is 14.8 Å². The number of benzene rings is 4. The minimum Gasteiger partial charge on any atom is -0.509 e. The van der Waals surface area contributed by atoms with E-state index >= 15 is 0 Å². The van der Waals surface area contributed by atoms with Crippen LogP contribution in [-0.2, 0) is 31.9 Å². The molecule has 0 saturated heterocycles. The van der Waals surface area contributed by atoms with Crippen LogP contribution in [0.1, 0.15) is 69.4 Å². The third-order valence-corrected chi connectivity index (χ3v) is 9.00. The van der Waals surface area contributed by atoms with Crippen LogP contribution in [0, 0.1) is 32.9 Å². The van der Waals surface area contributed by atoms with E-state index in [2.05, 4.69) is 128 Å². The van der Waals surface area contributed by atoms with E-state index in [0.717, 1.165) is 44.4 Å². The Balaban J connectivity index is 0.00000417. The van der Waals surface area contributed by atoms with Crippen LogP contribution in [-0.4, -0.2) is 19.3 Å². The Morgan fingerprint density at radius 1 is 0.714 bits per heavy atom. The first kappa shape index (κ1) is 34.4. The molecule has 5 nitrogen and oxygen atoms in total. The van der Waals surface area contributed by atoms with Crippen LogP contribution in [0.4, 0.5) is 0 Å². The Kier molecular flexibility index (Phi) is 8.96. The van der Waals surface area contributed by atoms with Crippen LogP contribution in [0.5, 0.6) is 11.5 Å². The van der Waals surface area contributed by atoms with E-state index in [-0.39, 0.29) is 31.9 Å². The summed E-state index contributed by atoms with van der Waals surface area (Å²) in [5.74, 6) is 2.05. The number of nitrogens with zero attached hydrogens (tertiary/aromatic N) is 4. The van der Waals surface area contributed by atoms with Crippen LogP contribution in [0.2, 0.25) is 0 Å². The van der Waals surface area contributed by atoms with E-state index < -0.39 is 0 Å². The van der Waals surface area contributed by atoms with Crippen molar-refractivity contribution in [3.63, 3.8) is 0 Å². The van der Waals surface area contributed by atoms with Crippen LogP contribution in [0.25, 0.3) is 44.4 Å². The van der Waals surface area contributed by atoms with Gasteiger partial charge in [0.2, 0.25) is 0 Å². The van der Waals surface area contributed by atoms with Crippen molar-refractivity contribution >= 4 is 21.8 Å². The molecule has 0 aliphatic rings. The third kappa shape index (κ3) is 6.37. The molecule has 0 fully saturated rings. The van der Waals surface area contributed by atoms with E-state index in [1.165, 1.54) is 27.8 Å². The number of aromatic nitrogens is 4. The fourth-order valence-corrected chi connectivity index (χ4v) is 7.36. The first-order valence-electron chi connectivity index (χ1n) is 16.6. The number of rotatable bonds is 5. The second-order valence-corrected chi connectivity index (χ2v) is 14.9. The standard InChI is InChI=1S/C43H42N4O.Pt/c1-27-19-20-44-38(21-27)47-36-16-11-10-15-34(36)35-18-17-33(24-37(35)47)48-32-14-12-13-31(23-32)46-26-30(25-45-46)39-40(42(4,5)6)28(2)22-29(3)41(39)43(7,8)9;/h10-22,25-26H,1-9H3;/q-2;+2. The topological polar surface area (TPSA) is 44.9 Å². The molecule has 0 saturated carbocycles. The molecule has 0 aliphatic heterocycles. The maximum Gasteiger partial charge on any atom is 2.00 e. The summed E-state index contributed by atoms with van der Waals surface area (Å²) in [7, 11) is 0. The van der Waals surface area contributed by atoms with Crippen molar-refractivity contribution in [2.75, 3.05) is 0 Å². The van der Waals surface area contributed by atoms with Crippen LogP contribution in [0.15, 0.2) is 91.4 Å². The van der Waals surface area contributed by atoms with Crippen LogP contribution in [0.3, 0.4) is 0 Å². The number of hydrogen-bond donors (Lipinski definition) is 0. The van der Waals surface area contributed by atoms with E-state index in [9.17, 15) is 0 Å². The van der Waals surface area contributed by atoms with Crippen molar-refractivity contribution in [1.29, 1.82) is 0 Å². The summed E-state index contributed by atoms with van der Waals surface area (Å²) in [5.41, 5.74) is 11.6. The molecule has 250 valence electrons. The minimum absolute atomic E-state index is 0. The first-order chi connectivity index (χ1) is 22.8. The summed E-state index contributed by atoms with van der Waals surface area (Å²) < 4.78 is 10.5. The summed E-state index contributed by atoms with van der Waals surface area (Å²) in [6.45, 7) is 20.3. The normalized spacial score (nSPS) is 12.0. The zero-order chi connectivity index (χ0) is 34.0. The SMILES string of the molecule is Cc1ccnc(-n2c3[c-]c(Oc4[c-]c(-n5cc(-c6c(C(C)(C)C)c(C)cc(C)c6C(C)(C)C)cn5)ccc4)ccc3c3ccccc32)c1.[Pt+2]. The van der Waals surface area contributed by atoms with Crippen molar-refractivity contribution in [2.24, 2.45) is 0 Å². The molecule has 0 N–H and O–H groups in total. The van der Waals surface area contributed by atoms with Gasteiger partial charge >= 0.3 is 21.1 Å². The minimum atomic E-state index is -0.0339. The molecule has 0 amide bonds. The van der Waals surface area contributed by atoms with Gasteiger partial charge in [-0.15, -0.1) is 35.7 Å². The predicted molar refractivity (Wildman–Crippen MR) is 197 cm³/mol. The van der Waals surface area contributed by atoms with Gasteiger partial charge in [-0.1, -0.05) is 71.3 Å². The van der Waals surface area contributed by atoms with Crippen LogP contribution >= 0.6 is 0 Å². The Morgan fingerprint density at radius 2 is 1.41 bits per heavy atom. The van der Waals surface area contributed by atoms with Gasteiger partial charge in [-0.05, 0) is 94.3 Å². The zero-order valence-electron chi connectivity index (χ0n) is 29.7. The van der Waals surface area contributed by atoms with Gasteiger partial charge in [0.05, 0.1) is 6.20 Å². The van der Waals surface area contributed by atoms with Crippen molar-refractivity contribution in [1.82, 2.24) is 19.3 Å². The van der Waals surface area contributed by atoms with Gasteiger partial charge in [-0.2, -0.15) is 17.2 Å². The number of fused-ring (bicyclic) bond motifs is 3. The largest absolute Gasteiger partial charge is 2.00 e. The molecule has 0 atom stereocenters. The summed E-state index contributed by atoms with van der Waals surface area (Å²) in [6.07, 6.45) is 5.96. The van der Waals surface area contributed by atoms with Gasteiger partial charge in [-0.25, -0.2) is 4.98 Å². The van der Waals surface area contributed by atoms with Crippen LogP contribution < -0.4 is 4.74 Å². The Labute approximate surface area is 304 Å². The van der Waals surface area contributed by atoms with Gasteiger partial charge in [0.25, 0.3) is 0 Å². The van der Waals surface area contributed by atoms with Gasteiger partial charge in [0.15, 0.2) is 0 Å². The molecule has 4 aromatic carbocycles. The molecule has 0 spiro atoms. The molecule has 7 aromatic rings. The molecule has 7 rings (SSSR count). The summed E-state index contributed by atoms with van der Waals surface area (Å²) in [6, 6.07) is 31.8. The molecule has 0 radical (unpaired) electrons. The summed E-state index contributed by atoms with van der Waals surface area (Å²) in [5, 5.41) is 7.09. The third-order valence-electron chi connectivity index (χ3n) is 9.00. The average molecular weight is 826 g/mol. The number of pyridine rings is 1. The van der Waals surface area contributed by atoms with Gasteiger partial charge in [0, 0.05) is 35.0 Å². The molecule has 0 unspecified atom stereocenters. The van der Waals surface area contributed by atoms with Crippen molar-refractivity contribution in [2.45, 2.75) is 73.1 Å². The molecule has 3 heterocycles. The average Bonchev–Trinajstić information content (AvgIpc) is 3.63. The summed E-state index contributed by atoms with van der Waals surface area (Å²) in [4.78, 5) is 4.70. The van der Waals surface area contributed by atoms with Gasteiger partial charge < -0.3 is 9.30 Å². The van der Waals surface area contributed by atoms with Gasteiger partial charge in [-0.3, -0.25) is 4.68 Å². The fourth-order valence-electron chi connectivity index (χ4n) is 7.36. The van der Waals surface area contributed by atoms with E-state index in [1.54, 1.807) is 0 Å². The monoisotopic (exact) mass is 825 g/mol. The molecule has 0 aliphatic carbocycles. The molecule has 0 bridgehead atoms. The molecular weight excluding hydrogens is 784 g/mol. The smallest absolute Gasteiger partial charge is 0.509 e. The van der Waals surface area contributed by atoms with Gasteiger partial charge in [0.1, 0.15) is 5.82 Å². The number of aryl methyl sites for hydroxylation is 3. The van der Waals surface area contributed by atoms with Crippen molar-refractivity contribution in [3.05, 3.63) is 131 Å². The summed E-state index contributed by atoms with van der Waals surface area (Å²) >= 11 is 0. The van der Waals surface area contributed by atoms with Crippen molar-refractivity contribution in [3.8, 4) is 34.1 Å². The molecule has 6 heteroatoms. The molecule has 49 heavy (non-hydrogen) atoms. The Hall–Kier alpha value is -4.47. The zero-order valence-corrected chi connectivity index (χ0v) is 31.9. The second-order valence-electron chi connectivity index (χ2n) is 14.9. The first-order valence-corrected chi connectivity index (χ1v) is 16.6. The number of hydrogen-bond acceptors (Lipinski definition) is 3. The second kappa shape index (κ2) is 12.8. The quantitative estimate of drug-likeness (QED) is 0.162. The maximum absolute atomic E-state index is 6.42. The Morgan fingerprint density at radius 3 is 2.10 bits per heavy atom. The number of para-hydroxylation sites is 1. The fraction of sp³-hybridized carbons (Fsp3) is 0.256. The number of ether oxygens (including phenoxy) is 1.